The number of alkyl halides is 1. The van der Waals surface area contributed by atoms with Crippen LogP contribution in [0.5, 0.6) is 0 Å². The van der Waals surface area contributed by atoms with Crippen molar-refractivity contribution in [1.82, 2.24) is 24.9 Å². The lowest BCUT2D eigenvalue weighted by molar-refractivity contribution is 0.342. The number of anilines is 2. The Kier molecular flexibility index (Phi) is 3.73. The van der Waals surface area contributed by atoms with E-state index in [1.54, 1.807) is 10.7 Å². The first-order chi connectivity index (χ1) is 11.7. The number of hydrogen-bond donors (Lipinski definition) is 3. The van der Waals surface area contributed by atoms with E-state index >= 15 is 0 Å². The van der Waals surface area contributed by atoms with Crippen molar-refractivity contribution in [1.29, 1.82) is 0 Å². The van der Waals surface area contributed by atoms with E-state index < -0.39 is 6.17 Å². The summed E-state index contributed by atoms with van der Waals surface area (Å²) in [7, 11) is 1.82. The van der Waals surface area contributed by atoms with Gasteiger partial charge in [0.25, 0.3) is 0 Å². The fraction of sp³-hybridized carbons (Fsp3) is 0.312. The van der Waals surface area contributed by atoms with E-state index in [-0.39, 0.29) is 6.04 Å². The Morgan fingerprint density at radius 1 is 1.21 bits per heavy atom. The smallest absolute Gasteiger partial charge is 0.154 e. The van der Waals surface area contributed by atoms with Crippen LogP contribution in [0.15, 0.2) is 36.5 Å². The van der Waals surface area contributed by atoms with E-state index in [9.17, 15) is 4.39 Å². The van der Waals surface area contributed by atoms with E-state index in [4.69, 9.17) is 0 Å². The van der Waals surface area contributed by atoms with Crippen LogP contribution in [0.2, 0.25) is 0 Å². The molecule has 0 bridgehead atoms. The molecule has 24 heavy (non-hydrogen) atoms. The number of nitrogens with zero attached hydrogens (tertiary/aromatic N) is 4. The van der Waals surface area contributed by atoms with Crippen molar-refractivity contribution in [3.63, 3.8) is 0 Å². The van der Waals surface area contributed by atoms with Crippen molar-refractivity contribution >= 4 is 17.3 Å². The van der Waals surface area contributed by atoms with E-state index in [1.165, 1.54) is 0 Å². The molecule has 1 aliphatic heterocycles. The van der Waals surface area contributed by atoms with Gasteiger partial charge in [0.2, 0.25) is 0 Å². The average Bonchev–Trinajstić information content (AvgIpc) is 3.21. The number of halogens is 1. The van der Waals surface area contributed by atoms with Gasteiger partial charge in [0, 0.05) is 20.1 Å². The monoisotopic (exact) mass is 327 g/mol. The molecule has 7 nitrogen and oxygen atoms in total. The molecule has 0 radical (unpaired) electrons. The maximum atomic E-state index is 13.8. The Balaban J connectivity index is 1.68. The van der Waals surface area contributed by atoms with Crippen LogP contribution in [-0.2, 0) is 0 Å². The van der Waals surface area contributed by atoms with Gasteiger partial charge in [-0.2, -0.15) is 0 Å². The van der Waals surface area contributed by atoms with Crippen LogP contribution in [0, 0.1) is 0 Å². The molecule has 1 saturated heterocycles. The predicted molar refractivity (Wildman–Crippen MR) is 90.9 cm³/mol. The molecule has 0 unspecified atom stereocenters. The van der Waals surface area contributed by atoms with Crippen molar-refractivity contribution in [2.24, 2.45) is 0 Å². The molecule has 0 spiro atoms. The van der Waals surface area contributed by atoms with Gasteiger partial charge < -0.3 is 16.0 Å². The number of aromatic nitrogens is 4. The van der Waals surface area contributed by atoms with E-state index in [2.05, 4.69) is 31.0 Å². The standard InChI is InChI=1S/C16H18FN7/c1-18-14-5-6-16-20-9-13(24(16)23-14)11-3-2-4-15(21-11)22-12-8-19-7-10(12)17/h2-6,9-10,12,19H,7-8H2,1H3,(H,18,23)(H,21,22)/t10-,12-/m0/s1. The molecule has 1 fully saturated rings. The summed E-state index contributed by atoms with van der Waals surface area (Å²) in [6.07, 6.45) is 0.828. The molecular weight excluding hydrogens is 309 g/mol. The number of imidazole rings is 1. The van der Waals surface area contributed by atoms with Crippen molar-refractivity contribution in [3.05, 3.63) is 36.5 Å². The molecule has 1 aliphatic rings. The number of hydrogen-bond acceptors (Lipinski definition) is 6. The van der Waals surface area contributed by atoms with Gasteiger partial charge in [-0.15, -0.1) is 5.10 Å². The fourth-order valence-corrected chi connectivity index (χ4v) is 2.82. The number of pyridine rings is 1. The molecular formula is C16H18FN7. The van der Waals surface area contributed by atoms with Crippen molar-refractivity contribution < 1.29 is 4.39 Å². The summed E-state index contributed by atoms with van der Waals surface area (Å²) in [6.45, 7) is 0.969. The predicted octanol–water partition coefficient (Wildman–Crippen LogP) is 1.55. The summed E-state index contributed by atoms with van der Waals surface area (Å²) < 4.78 is 15.5. The van der Waals surface area contributed by atoms with Crippen LogP contribution >= 0.6 is 0 Å². The molecule has 3 aromatic heterocycles. The molecule has 0 amide bonds. The first-order valence-electron chi connectivity index (χ1n) is 7.86. The molecule has 124 valence electrons. The number of fused-ring (bicyclic) bond motifs is 1. The summed E-state index contributed by atoms with van der Waals surface area (Å²) in [5, 5.41) is 13.7. The molecule has 0 aliphatic carbocycles. The van der Waals surface area contributed by atoms with Gasteiger partial charge in [0.15, 0.2) is 5.65 Å². The Morgan fingerprint density at radius 3 is 2.92 bits per heavy atom. The van der Waals surface area contributed by atoms with Gasteiger partial charge in [-0.25, -0.2) is 18.9 Å². The minimum absolute atomic E-state index is 0.260. The normalized spacial score (nSPS) is 20.4. The fourth-order valence-electron chi connectivity index (χ4n) is 2.82. The molecule has 2 atom stereocenters. The third kappa shape index (κ3) is 2.65. The highest BCUT2D eigenvalue weighted by molar-refractivity contribution is 5.62. The molecule has 3 N–H and O–H groups in total. The molecule has 3 aromatic rings. The SMILES string of the molecule is CNc1ccc2ncc(-c3cccc(N[C@H]4CNC[C@@H]4F)n3)n2n1. The topological polar surface area (TPSA) is 79.2 Å². The van der Waals surface area contributed by atoms with Gasteiger partial charge in [-0.3, -0.25) is 0 Å². The molecule has 0 aromatic carbocycles. The van der Waals surface area contributed by atoms with Crippen molar-refractivity contribution in [3.8, 4) is 11.4 Å². The second-order valence-electron chi connectivity index (χ2n) is 5.72. The summed E-state index contributed by atoms with van der Waals surface area (Å²) in [6, 6.07) is 9.12. The Hall–Kier alpha value is -2.74. The minimum atomic E-state index is -0.911. The Morgan fingerprint density at radius 2 is 2.12 bits per heavy atom. The molecule has 0 saturated carbocycles. The van der Waals surface area contributed by atoms with E-state index in [1.807, 2.05) is 37.4 Å². The third-order valence-electron chi connectivity index (χ3n) is 4.10. The third-order valence-corrected chi connectivity index (χ3v) is 4.10. The zero-order chi connectivity index (χ0) is 16.5. The highest BCUT2D eigenvalue weighted by Gasteiger charge is 2.26. The van der Waals surface area contributed by atoms with Gasteiger partial charge in [-0.1, -0.05) is 6.07 Å². The van der Waals surface area contributed by atoms with Crippen LogP contribution in [-0.4, -0.2) is 51.9 Å². The lowest BCUT2D eigenvalue weighted by Crippen LogP contribution is -2.29. The number of rotatable bonds is 4. The first kappa shape index (κ1) is 14.8. The van der Waals surface area contributed by atoms with Crippen LogP contribution < -0.4 is 16.0 Å². The van der Waals surface area contributed by atoms with Crippen LogP contribution in [0.4, 0.5) is 16.0 Å². The molecule has 4 rings (SSSR count). The minimum Gasteiger partial charge on any atom is -0.372 e. The van der Waals surface area contributed by atoms with Gasteiger partial charge in [0.1, 0.15) is 23.5 Å². The van der Waals surface area contributed by atoms with Gasteiger partial charge in [0.05, 0.1) is 17.9 Å². The highest BCUT2D eigenvalue weighted by Crippen LogP contribution is 2.21. The second-order valence-corrected chi connectivity index (χ2v) is 5.72. The highest BCUT2D eigenvalue weighted by atomic mass is 19.1. The Labute approximate surface area is 138 Å². The van der Waals surface area contributed by atoms with Crippen LogP contribution in [0.25, 0.3) is 17.0 Å². The summed E-state index contributed by atoms with van der Waals surface area (Å²) in [5.74, 6) is 1.39. The first-order valence-corrected chi connectivity index (χ1v) is 7.86. The number of nitrogens with one attached hydrogen (secondary N) is 3. The summed E-state index contributed by atoms with van der Waals surface area (Å²) in [4.78, 5) is 8.95. The second kappa shape index (κ2) is 6.04. The zero-order valence-corrected chi connectivity index (χ0v) is 13.2. The van der Waals surface area contributed by atoms with E-state index in [0.29, 0.717) is 18.9 Å². The maximum absolute atomic E-state index is 13.8. The summed E-state index contributed by atoms with van der Waals surface area (Å²) in [5.41, 5.74) is 2.26. The van der Waals surface area contributed by atoms with Crippen molar-refractivity contribution in [2.75, 3.05) is 30.8 Å². The zero-order valence-electron chi connectivity index (χ0n) is 13.2. The van der Waals surface area contributed by atoms with Crippen LogP contribution in [0.3, 0.4) is 0 Å². The van der Waals surface area contributed by atoms with Crippen LogP contribution in [0.1, 0.15) is 0 Å². The van der Waals surface area contributed by atoms with Gasteiger partial charge >= 0.3 is 0 Å². The lowest BCUT2D eigenvalue weighted by atomic mass is 10.2. The average molecular weight is 327 g/mol. The largest absolute Gasteiger partial charge is 0.372 e. The maximum Gasteiger partial charge on any atom is 0.154 e. The molecule has 4 heterocycles. The quantitative estimate of drug-likeness (QED) is 0.675. The van der Waals surface area contributed by atoms with Crippen molar-refractivity contribution in [2.45, 2.75) is 12.2 Å². The summed E-state index contributed by atoms with van der Waals surface area (Å²) >= 11 is 0. The van der Waals surface area contributed by atoms with Gasteiger partial charge in [-0.05, 0) is 24.3 Å². The lowest BCUT2D eigenvalue weighted by Gasteiger charge is -2.15. The Bertz CT molecular complexity index is 863. The van der Waals surface area contributed by atoms with E-state index in [0.717, 1.165) is 22.9 Å². The molecule has 8 heteroatoms.